The maximum Gasteiger partial charge on any atom is 0.307 e. The zero-order valence-corrected chi connectivity index (χ0v) is 10.3. The first-order valence-corrected chi connectivity index (χ1v) is 6.74. The van der Waals surface area contributed by atoms with Crippen molar-refractivity contribution >= 4 is 17.7 Å². The van der Waals surface area contributed by atoms with Crippen LogP contribution in [0.4, 0.5) is 0 Å². The summed E-state index contributed by atoms with van der Waals surface area (Å²) in [6.07, 6.45) is 3.93. The lowest BCUT2D eigenvalue weighted by Gasteiger charge is -2.25. The molecule has 0 aliphatic carbocycles. The summed E-state index contributed by atoms with van der Waals surface area (Å²) >= 11 is 2.02. The summed E-state index contributed by atoms with van der Waals surface area (Å²) < 4.78 is 0. The predicted molar refractivity (Wildman–Crippen MR) is 64.4 cm³/mol. The number of carboxylic acid groups (broad SMARTS) is 1. The van der Waals surface area contributed by atoms with Crippen molar-refractivity contribution in [2.45, 2.75) is 44.4 Å². The fourth-order valence-corrected chi connectivity index (χ4v) is 2.93. The van der Waals surface area contributed by atoms with Gasteiger partial charge in [-0.1, -0.05) is 13.3 Å². The summed E-state index contributed by atoms with van der Waals surface area (Å²) in [6, 6.07) is 0.0602. The molecule has 1 saturated heterocycles. The van der Waals surface area contributed by atoms with Crippen molar-refractivity contribution in [3.8, 4) is 0 Å². The van der Waals surface area contributed by atoms with Gasteiger partial charge in [-0.15, -0.1) is 0 Å². The van der Waals surface area contributed by atoms with E-state index in [1.54, 1.807) is 6.92 Å². The van der Waals surface area contributed by atoms with Crippen molar-refractivity contribution in [1.82, 2.24) is 5.32 Å². The number of hydrogen-bond donors (Lipinski definition) is 2. The molecule has 15 heavy (non-hydrogen) atoms. The van der Waals surface area contributed by atoms with Gasteiger partial charge in [-0.05, 0) is 25.5 Å². The Labute approximate surface area is 96.0 Å². The van der Waals surface area contributed by atoms with Crippen molar-refractivity contribution in [1.29, 1.82) is 0 Å². The van der Waals surface area contributed by atoms with Crippen LogP contribution < -0.4 is 5.32 Å². The van der Waals surface area contributed by atoms with E-state index in [0.29, 0.717) is 5.25 Å². The summed E-state index contributed by atoms with van der Waals surface area (Å²) in [5.74, 6) is 0.236. The van der Waals surface area contributed by atoms with E-state index in [4.69, 9.17) is 5.11 Å². The van der Waals surface area contributed by atoms with Crippen molar-refractivity contribution in [2.24, 2.45) is 5.92 Å². The standard InChI is InChI=1S/C11H21NO2S/c1-8(11(13)14)9(2)12-7-10-5-3-4-6-15-10/h8-10,12H,3-7H2,1-2H3,(H,13,14). The van der Waals surface area contributed by atoms with Crippen LogP contribution >= 0.6 is 11.8 Å². The average molecular weight is 231 g/mol. The largest absolute Gasteiger partial charge is 0.481 e. The van der Waals surface area contributed by atoms with Crippen LogP contribution in [0.1, 0.15) is 33.1 Å². The summed E-state index contributed by atoms with van der Waals surface area (Å²) in [7, 11) is 0. The van der Waals surface area contributed by atoms with Gasteiger partial charge in [0.25, 0.3) is 0 Å². The molecule has 1 rings (SSSR count). The third-order valence-electron chi connectivity index (χ3n) is 3.08. The monoisotopic (exact) mass is 231 g/mol. The maximum absolute atomic E-state index is 10.7. The highest BCUT2D eigenvalue weighted by atomic mass is 32.2. The third-order valence-corrected chi connectivity index (χ3v) is 4.48. The van der Waals surface area contributed by atoms with E-state index < -0.39 is 5.97 Å². The van der Waals surface area contributed by atoms with Gasteiger partial charge < -0.3 is 10.4 Å². The molecule has 1 aliphatic rings. The first kappa shape index (κ1) is 12.8. The van der Waals surface area contributed by atoms with Gasteiger partial charge in [-0.2, -0.15) is 11.8 Å². The molecule has 3 atom stereocenters. The molecular formula is C11H21NO2S. The van der Waals surface area contributed by atoms with Gasteiger partial charge in [0.2, 0.25) is 0 Å². The zero-order valence-electron chi connectivity index (χ0n) is 9.53. The highest BCUT2D eigenvalue weighted by Gasteiger charge is 2.20. The van der Waals surface area contributed by atoms with E-state index in [2.05, 4.69) is 5.32 Å². The average Bonchev–Trinajstić information content (AvgIpc) is 2.26. The van der Waals surface area contributed by atoms with Gasteiger partial charge >= 0.3 is 5.97 Å². The smallest absolute Gasteiger partial charge is 0.307 e. The molecule has 0 radical (unpaired) electrons. The lowest BCUT2D eigenvalue weighted by Crippen LogP contribution is -2.40. The Morgan fingerprint density at radius 3 is 2.80 bits per heavy atom. The number of hydrogen-bond acceptors (Lipinski definition) is 3. The lowest BCUT2D eigenvalue weighted by molar-refractivity contribution is -0.141. The Morgan fingerprint density at radius 1 is 1.53 bits per heavy atom. The Hall–Kier alpha value is -0.220. The fraction of sp³-hybridized carbons (Fsp3) is 0.909. The van der Waals surface area contributed by atoms with Crippen LogP contribution in [0.5, 0.6) is 0 Å². The van der Waals surface area contributed by atoms with Gasteiger partial charge in [-0.25, -0.2) is 0 Å². The first-order valence-electron chi connectivity index (χ1n) is 5.69. The Bertz CT molecular complexity index is 205. The third kappa shape index (κ3) is 4.43. The van der Waals surface area contributed by atoms with Crippen molar-refractivity contribution < 1.29 is 9.90 Å². The minimum atomic E-state index is -0.716. The topological polar surface area (TPSA) is 49.3 Å². The fourth-order valence-electron chi connectivity index (χ4n) is 1.68. The second kappa shape index (κ2) is 6.38. The lowest BCUT2D eigenvalue weighted by atomic mass is 10.0. The first-order chi connectivity index (χ1) is 7.11. The molecule has 1 heterocycles. The van der Waals surface area contributed by atoms with Crippen LogP contribution in [0.25, 0.3) is 0 Å². The number of carbonyl (C=O) groups is 1. The number of rotatable bonds is 5. The molecule has 0 aromatic rings. The number of thioether (sulfide) groups is 1. The van der Waals surface area contributed by atoms with Crippen LogP contribution in [-0.2, 0) is 4.79 Å². The van der Waals surface area contributed by atoms with E-state index >= 15 is 0 Å². The number of carboxylic acids is 1. The van der Waals surface area contributed by atoms with Gasteiger partial charge in [0.05, 0.1) is 5.92 Å². The van der Waals surface area contributed by atoms with Crippen LogP contribution in [0.15, 0.2) is 0 Å². The Balaban J connectivity index is 2.20. The van der Waals surface area contributed by atoms with Crippen molar-refractivity contribution in [3.63, 3.8) is 0 Å². The summed E-state index contributed by atoms with van der Waals surface area (Å²) in [5, 5.41) is 12.9. The molecular weight excluding hydrogens is 210 g/mol. The molecule has 4 heteroatoms. The van der Waals surface area contributed by atoms with Crippen LogP contribution in [-0.4, -0.2) is 34.7 Å². The molecule has 0 bridgehead atoms. The zero-order chi connectivity index (χ0) is 11.3. The van der Waals surface area contributed by atoms with Gasteiger partial charge in [-0.3, -0.25) is 4.79 Å². The summed E-state index contributed by atoms with van der Waals surface area (Å²) in [4.78, 5) is 10.7. The second-order valence-corrected chi connectivity index (χ2v) is 5.72. The van der Waals surface area contributed by atoms with Crippen LogP contribution in [0, 0.1) is 5.92 Å². The van der Waals surface area contributed by atoms with E-state index in [-0.39, 0.29) is 12.0 Å². The molecule has 1 aliphatic heterocycles. The minimum Gasteiger partial charge on any atom is -0.481 e. The Morgan fingerprint density at radius 2 is 2.27 bits per heavy atom. The summed E-state index contributed by atoms with van der Waals surface area (Å²) in [6.45, 7) is 4.66. The molecule has 1 fully saturated rings. The normalized spacial score (nSPS) is 25.9. The van der Waals surface area contributed by atoms with Gasteiger partial charge in [0.1, 0.15) is 0 Å². The van der Waals surface area contributed by atoms with Crippen LogP contribution in [0.3, 0.4) is 0 Å². The molecule has 3 unspecified atom stereocenters. The SMILES string of the molecule is CC(NCC1CCCCS1)C(C)C(=O)O. The maximum atomic E-state index is 10.7. The molecule has 88 valence electrons. The predicted octanol–water partition coefficient (Wildman–Crippen LogP) is 1.97. The van der Waals surface area contributed by atoms with Crippen molar-refractivity contribution in [3.05, 3.63) is 0 Å². The van der Waals surface area contributed by atoms with E-state index in [1.807, 2.05) is 18.7 Å². The molecule has 0 spiro atoms. The molecule has 0 amide bonds. The minimum absolute atomic E-state index is 0.0602. The van der Waals surface area contributed by atoms with E-state index in [1.165, 1.54) is 25.0 Å². The van der Waals surface area contributed by atoms with E-state index in [0.717, 1.165) is 6.54 Å². The van der Waals surface area contributed by atoms with Crippen LogP contribution in [0.2, 0.25) is 0 Å². The van der Waals surface area contributed by atoms with E-state index in [9.17, 15) is 4.79 Å². The molecule has 0 saturated carbocycles. The molecule has 0 aromatic heterocycles. The highest BCUT2D eigenvalue weighted by Crippen LogP contribution is 2.24. The molecule has 0 aromatic carbocycles. The highest BCUT2D eigenvalue weighted by molar-refractivity contribution is 7.99. The molecule has 3 nitrogen and oxygen atoms in total. The van der Waals surface area contributed by atoms with Gasteiger partial charge in [0.15, 0.2) is 0 Å². The Kier molecular flexibility index (Phi) is 5.47. The summed E-state index contributed by atoms with van der Waals surface area (Å²) in [5.41, 5.74) is 0. The second-order valence-electron chi connectivity index (χ2n) is 4.31. The number of aliphatic carboxylic acids is 1. The van der Waals surface area contributed by atoms with Crippen molar-refractivity contribution in [2.75, 3.05) is 12.3 Å². The van der Waals surface area contributed by atoms with Gasteiger partial charge in [0, 0.05) is 17.8 Å². The molecule has 2 N–H and O–H groups in total. The quantitative estimate of drug-likeness (QED) is 0.759. The number of nitrogens with one attached hydrogen (secondary N) is 1.